The summed E-state index contributed by atoms with van der Waals surface area (Å²) < 4.78 is 0. The van der Waals surface area contributed by atoms with Crippen LogP contribution < -0.4 is 0 Å². The highest BCUT2D eigenvalue weighted by atomic mass is 32.2. The van der Waals surface area contributed by atoms with Crippen LogP contribution >= 0.6 is 11.8 Å². The topological polar surface area (TPSA) is 58.5 Å². The van der Waals surface area contributed by atoms with Crippen molar-refractivity contribution < 1.29 is 4.79 Å². The van der Waals surface area contributed by atoms with E-state index in [0.717, 1.165) is 29.4 Å². The molecule has 1 aromatic carbocycles. The molecule has 3 heterocycles. The molecule has 1 aromatic heterocycles. The molecule has 1 saturated heterocycles. The van der Waals surface area contributed by atoms with Crippen LogP contribution in [-0.2, 0) is 4.79 Å². The number of benzene rings is 1. The van der Waals surface area contributed by atoms with Gasteiger partial charge in [-0.3, -0.25) is 4.79 Å². The lowest BCUT2D eigenvalue weighted by atomic mass is 10.1. The normalized spacial score (nSPS) is 19.4. The van der Waals surface area contributed by atoms with E-state index < -0.39 is 0 Å². The number of hydrogen-bond acceptors (Lipinski definition) is 5. The van der Waals surface area contributed by atoms with E-state index in [1.165, 1.54) is 31.0 Å². The average molecular weight is 350 g/mol. The highest BCUT2D eigenvalue weighted by Gasteiger charge is 2.26. The second-order valence-electron chi connectivity index (χ2n) is 6.06. The molecule has 0 spiro atoms. The molecule has 0 unspecified atom stereocenters. The summed E-state index contributed by atoms with van der Waals surface area (Å²) in [6.45, 7) is 1.97. The first-order valence-electron chi connectivity index (χ1n) is 8.44. The molecule has 0 N–H and O–H groups in total. The van der Waals surface area contributed by atoms with E-state index in [-0.39, 0.29) is 5.91 Å². The third-order valence-corrected chi connectivity index (χ3v) is 5.28. The number of carbonyl (C=O) groups excluding carboxylic acids is 1. The van der Waals surface area contributed by atoms with Crippen LogP contribution in [-0.4, -0.2) is 39.0 Å². The molecule has 6 heteroatoms. The fourth-order valence-electron chi connectivity index (χ4n) is 2.92. The predicted octanol–water partition coefficient (Wildman–Crippen LogP) is 3.60. The summed E-state index contributed by atoms with van der Waals surface area (Å²) in [4.78, 5) is 28.0. The number of carbonyl (C=O) groups is 1. The summed E-state index contributed by atoms with van der Waals surface area (Å²) in [7, 11) is 0. The molecule has 1 amide bonds. The number of piperidine rings is 1. The fourth-order valence-corrected chi connectivity index (χ4v) is 3.88. The monoisotopic (exact) mass is 350 g/mol. The molecule has 0 bridgehead atoms. The molecule has 0 radical (unpaired) electrons. The number of thioether (sulfide) groups is 1. The van der Waals surface area contributed by atoms with Gasteiger partial charge in [0.2, 0.25) is 0 Å². The molecular weight excluding hydrogens is 332 g/mol. The van der Waals surface area contributed by atoms with Crippen molar-refractivity contribution in [3.8, 4) is 11.4 Å². The van der Waals surface area contributed by atoms with Crippen molar-refractivity contribution in [3.05, 3.63) is 53.2 Å². The first-order valence-corrected chi connectivity index (χ1v) is 9.26. The molecule has 126 valence electrons. The lowest BCUT2D eigenvalue weighted by molar-refractivity contribution is -0.113. The molecule has 2 aliphatic rings. The average Bonchev–Trinajstić information content (AvgIpc) is 3.04. The second kappa shape index (κ2) is 7.19. The number of hydrogen-bond donors (Lipinski definition) is 0. The number of aliphatic imine (C=N–C) groups is 1. The quantitative estimate of drug-likeness (QED) is 0.775. The van der Waals surface area contributed by atoms with Crippen LogP contribution in [0.15, 0.2) is 52.6 Å². The van der Waals surface area contributed by atoms with E-state index in [2.05, 4.69) is 19.9 Å². The smallest absolute Gasteiger partial charge is 0.286 e. The second-order valence-corrected chi connectivity index (χ2v) is 7.07. The molecule has 25 heavy (non-hydrogen) atoms. The Bertz CT molecular complexity index is 824. The van der Waals surface area contributed by atoms with Gasteiger partial charge < -0.3 is 4.90 Å². The maximum absolute atomic E-state index is 12.2. The zero-order valence-corrected chi connectivity index (χ0v) is 14.6. The Kier molecular flexibility index (Phi) is 4.61. The van der Waals surface area contributed by atoms with E-state index in [4.69, 9.17) is 0 Å². The number of amidine groups is 1. The van der Waals surface area contributed by atoms with Gasteiger partial charge in [-0.05, 0) is 37.1 Å². The highest BCUT2D eigenvalue weighted by molar-refractivity contribution is 8.18. The zero-order chi connectivity index (χ0) is 17.1. The predicted molar refractivity (Wildman–Crippen MR) is 101 cm³/mol. The van der Waals surface area contributed by atoms with Gasteiger partial charge >= 0.3 is 0 Å². The Hall–Kier alpha value is -2.47. The molecule has 0 saturated carbocycles. The van der Waals surface area contributed by atoms with Crippen molar-refractivity contribution in [2.24, 2.45) is 4.99 Å². The standard InChI is InChI=1S/C19H18N4OS/c24-18-16(25-19(22-18)23-9-5-2-6-10-23)11-14-12-20-17(21-13-14)15-7-3-1-4-8-15/h1,3-4,7-8,11-13H,2,5-6,9-10H2/b16-11+. The highest BCUT2D eigenvalue weighted by Crippen LogP contribution is 2.31. The molecule has 0 aliphatic carbocycles. The van der Waals surface area contributed by atoms with Gasteiger partial charge in [0.25, 0.3) is 5.91 Å². The lowest BCUT2D eigenvalue weighted by Crippen LogP contribution is -2.33. The minimum Gasteiger partial charge on any atom is -0.351 e. The molecule has 0 atom stereocenters. The molecular formula is C19H18N4OS. The number of nitrogens with zero attached hydrogens (tertiary/aromatic N) is 4. The van der Waals surface area contributed by atoms with Gasteiger partial charge in [0.15, 0.2) is 11.0 Å². The first kappa shape index (κ1) is 16.0. The SMILES string of the molecule is O=C1N=C(N2CCCCC2)S/C1=C/c1cnc(-c2ccccc2)nc1. The van der Waals surface area contributed by atoms with Crippen LogP contribution in [0.2, 0.25) is 0 Å². The number of likely N-dealkylation sites (tertiary alicyclic amines) is 1. The molecule has 1 fully saturated rings. The summed E-state index contributed by atoms with van der Waals surface area (Å²) in [5.41, 5.74) is 1.79. The van der Waals surface area contributed by atoms with E-state index in [9.17, 15) is 4.79 Å². The van der Waals surface area contributed by atoms with Gasteiger partial charge in [-0.15, -0.1) is 0 Å². The van der Waals surface area contributed by atoms with Crippen LogP contribution in [0.4, 0.5) is 0 Å². The minimum absolute atomic E-state index is 0.169. The van der Waals surface area contributed by atoms with Crippen LogP contribution in [0.3, 0.4) is 0 Å². The van der Waals surface area contributed by atoms with E-state index >= 15 is 0 Å². The summed E-state index contributed by atoms with van der Waals surface area (Å²) >= 11 is 1.45. The van der Waals surface area contributed by atoms with Crippen molar-refractivity contribution in [1.82, 2.24) is 14.9 Å². The van der Waals surface area contributed by atoms with Gasteiger partial charge in [-0.25, -0.2) is 9.97 Å². The van der Waals surface area contributed by atoms with Gasteiger partial charge in [0.05, 0.1) is 4.91 Å². The van der Waals surface area contributed by atoms with Crippen molar-refractivity contribution in [3.63, 3.8) is 0 Å². The molecule has 2 aliphatic heterocycles. The third-order valence-electron chi connectivity index (χ3n) is 4.24. The van der Waals surface area contributed by atoms with Crippen molar-refractivity contribution in [2.45, 2.75) is 19.3 Å². The van der Waals surface area contributed by atoms with Crippen molar-refractivity contribution in [2.75, 3.05) is 13.1 Å². The van der Waals surface area contributed by atoms with Gasteiger partial charge in [0.1, 0.15) is 0 Å². The number of rotatable bonds is 2. The molecule has 4 rings (SSSR count). The minimum atomic E-state index is -0.169. The maximum atomic E-state index is 12.2. The Morgan fingerprint density at radius 2 is 1.72 bits per heavy atom. The molecule has 2 aromatic rings. The Morgan fingerprint density at radius 3 is 2.44 bits per heavy atom. The fraction of sp³-hybridized carbons (Fsp3) is 0.263. The van der Waals surface area contributed by atoms with E-state index in [1.54, 1.807) is 12.4 Å². The van der Waals surface area contributed by atoms with Gasteiger partial charge in [-0.2, -0.15) is 4.99 Å². The summed E-state index contributed by atoms with van der Waals surface area (Å²) in [5, 5.41) is 0.831. The van der Waals surface area contributed by atoms with Crippen molar-refractivity contribution in [1.29, 1.82) is 0 Å². The van der Waals surface area contributed by atoms with Crippen LogP contribution in [0, 0.1) is 0 Å². The zero-order valence-electron chi connectivity index (χ0n) is 13.8. The third kappa shape index (κ3) is 3.64. The van der Waals surface area contributed by atoms with E-state index in [0.29, 0.717) is 10.7 Å². The number of aromatic nitrogens is 2. The van der Waals surface area contributed by atoms with Crippen LogP contribution in [0.25, 0.3) is 17.5 Å². The Morgan fingerprint density at radius 1 is 1.00 bits per heavy atom. The first-order chi connectivity index (χ1) is 12.3. The summed E-state index contributed by atoms with van der Waals surface area (Å²) in [6.07, 6.45) is 8.91. The molecule has 5 nitrogen and oxygen atoms in total. The van der Waals surface area contributed by atoms with E-state index in [1.807, 2.05) is 36.4 Å². The van der Waals surface area contributed by atoms with Crippen LogP contribution in [0.5, 0.6) is 0 Å². The van der Waals surface area contributed by atoms with Crippen LogP contribution in [0.1, 0.15) is 24.8 Å². The number of amides is 1. The van der Waals surface area contributed by atoms with Gasteiger partial charge in [0, 0.05) is 36.6 Å². The van der Waals surface area contributed by atoms with Crippen molar-refractivity contribution >= 4 is 28.9 Å². The lowest BCUT2D eigenvalue weighted by Gasteiger charge is -2.27. The largest absolute Gasteiger partial charge is 0.351 e. The maximum Gasteiger partial charge on any atom is 0.286 e. The Balaban J connectivity index is 1.49. The van der Waals surface area contributed by atoms with Gasteiger partial charge in [-0.1, -0.05) is 30.3 Å². The summed E-state index contributed by atoms with van der Waals surface area (Å²) in [5.74, 6) is 0.510. The Labute approximate surface area is 150 Å². The summed E-state index contributed by atoms with van der Waals surface area (Å²) in [6, 6.07) is 9.83.